The molecule has 2 rings (SSSR count). The van der Waals surface area contributed by atoms with Gasteiger partial charge in [0.05, 0.1) is 16.9 Å². The van der Waals surface area contributed by atoms with Gasteiger partial charge in [0.25, 0.3) is 0 Å². The summed E-state index contributed by atoms with van der Waals surface area (Å²) < 4.78 is 5.09. The summed E-state index contributed by atoms with van der Waals surface area (Å²) in [5, 5.41) is 7.09. The van der Waals surface area contributed by atoms with Gasteiger partial charge in [0.1, 0.15) is 0 Å². The Morgan fingerprint density at radius 2 is 2.40 bits per heavy atom. The van der Waals surface area contributed by atoms with Crippen molar-refractivity contribution in [3.05, 3.63) is 17.6 Å². The maximum atomic E-state index is 5.09. The Hall–Kier alpha value is -1.27. The molecule has 0 bridgehead atoms. The Balaban J connectivity index is 2.04. The van der Waals surface area contributed by atoms with Crippen molar-refractivity contribution in [1.82, 2.24) is 20.4 Å². The Kier molecular flexibility index (Phi) is 3.08. The van der Waals surface area contributed by atoms with Crippen molar-refractivity contribution in [2.24, 2.45) is 0 Å². The van der Waals surface area contributed by atoms with E-state index in [2.05, 4.69) is 34.3 Å². The molecule has 0 aliphatic carbocycles. The van der Waals surface area contributed by atoms with Gasteiger partial charge in [-0.05, 0) is 0 Å². The van der Waals surface area contributed by atoms with Crippen molar-refractivity contribution >= 4 is 11.3 Å². The van der Waals surface area contributed by atoms with Gasteiger partial charge in [-0.1, -0.05) is 19.0 Å². The third-order valence-corrected chi connectivity index (χ3v) is 2.55. The minimum atomic E-state index is 0.406. The first-order valence-electron chi connectivity index (χ1n) is 4.70. The van der Waals surface area contributed by atoms with Gasteiger partial charge < -0.3 is 9.84 Å². The largest absolute Gasteiger partial charge is 0.338 e. The topological polar surface area (TPSA) is 63.8 Å². The van der Waals surface area contributed by atoms with Crippen molar-refractivity contribution in [2.75, 3.05) is 0 Å². The molecule has 15 heavy (non-hydrogen) atoms. The second-order valence-electron chi connectivity index (χ2n) is 3.41. The third kappa shape index (κ3) is 2.60. The minimum absolute atomic E-state index is 0.406. The summed E-state index contributed by atoms with van der Waals surface area (Å²) in [5.74, 6) is 1.21. The van der Waals surface area contributed by atoms with E-state index in [-0.39, 0.29) is 0 Å². The van der Waals surface area contributed by atoms with Crippen LogP contribution in [0.5, 0.6) is 0 Å². The van der Waals surface area contributed by atoms with Gasteiger partial charge in [-0.15, -0.1) is 11.3 Å². The van der Waals surface area contributed by atoms with Crippen LogP contribution in [0.3, 0.4) is 0 Å². The van der Waals surface area contributed by atoms with E-state index >= 15 is 0 Å². The van der Waals surface area contributed by atoms with E-state index in [0.29, 0.717) is 24.3 Å². The normalized spacial score (nSPS) is 11.1. The highest BCUT2D eigenvalue weighted by Gasteiger charge is 2.09. The number of nitrogens with zero attached hydrogens (tertiary/aromatic N) is 3. The second-order valence-corrected chi connectivity index (χ2v) is 4.30. The van der Waals surface area contributed by atoms with E-state index < -0.39 is 0 Å². The van der Waals surface area contributed by atoms with E-state index in [1.165, 1.54) is 11.3 Å². The molecular weight excluding hydrogens is 212 g/mol. The quantitative estimate of drug-likeness (QED) is 0.856. The molecule has 1 N–H and O–H groups in total. The van der Waals surface area contributed by atoms with Crippen LogP contribution in [0.4, 0.5) is 0 Å². The van der Waals surface area contributed by atoms with Crippen molar-refractivity contribution in [3.63, 3.8) is 0 Å². The van der Waals surface area contributed by atoms with Crippen molar-refractivity contribution < 1.29 is 4.52 Å². The van der Waals surface area contributed by atoms with Crippen LogP contribution < -0.4 is 5.32 Å². The molecule has 0 fully saturated rings. The van der Waals surface area contributed by atoms with Gasteiger partial charge >= 0.3 is 0 Å². The molecule has 0 spiro atoms. The first kappa shape index (κ1) is 10.3. The lowest BCUT2D eigenvalue weighted by Crippen LogP contribution is -2.21. The van der Waals surface area contributed by atoms with Gasteiger partial charge in [-0.25, -0.2) is 0 Å². The lowest BCUT2D eigenvalue weighted by molar-refractivity contribution is 0.362. The highest BCUT2D eigenvalue weighted by molar-refractivity contribution is 7.13. The lowest BCUT2D eigenvalue weighted by atomic mass is 10.4. The van der Waals surface area contributed by atoms with Crippen LogP contribution in [0.1, 0.15) is 19.7 Å². The summed E-state index contributed by atoms with van der Waals surface area (Å²) in [6.45, 7) is 4.74. The van der Waals surface area contributed by atoms with Gasteiger partial charge in [-0.2, -0.15) is 4.98 Å². The van der Waals surface area contributed by atoms with Crippen LogP contribution in [0.2, 0.25) is 0 Å². The molecule has 0 saturated heterocycles. The van der Waals surface area contributed by atoms with Crippen LogP contribution in [0, 0.1) is 0 Å². The van der Waals surface area contributed by atoms with E-state index in [9.17, 15) is 0 Å². The lowest BCUT2D eigenvalue weighted by Gasteiger charge is -2.02. The zero-order valence-electron chi connectivity index (χ0n) is 8.60. The summed E-state index contributed by atoms with van der Waals surface area (Å²) in [7, 11) is 0. The van der Waals surface area contributed by atoms with Crippen molar-refractivity contribution in [1.29, 1.82) is 0 Å². The molecule has 0 amide bonds. The fraction of sp³-hybridized carbons (Fsp3) is 0.444. The SMILES string of the molecule is CC(C)NCc1nc(-c2cncs2)no1. The summed E-state index contributed by atoms with van der Waals surface area (Å²) in [4.78, 5) is 9.14. The van der Waals surface area contributed by atoms with Crippen LogP contribution in [0.15, 0.2) is 16.2 Å². The average Bonchev–Trinajstić information content (AvgIpc) is 2.85. The molecule has 0 aromatic carbocycles. The molecular formula is C9H12N4OS. The summed E-state index contributed by atoms with van der Waals surface area (Å²) in [5.41, 5.74) is 1.75. The molecule has 0 aliphatic rings. The zero-order valence-corrected chi connectivity index (χ0v) is 9.41. The first-order valence-corrected chi connectivity index (χ1v) is 5.58. The number of thiazole rings is 1. The Morgan fingerprint density at radius 1 is 1.53 bits per heavy atom. The van der Waals surface area contributed by atoms with Gasteiger partial charge in [-0.3, -0.25) is 4.98 Å². The van der Waals surface area contributed by atoms with Crippen LogP contribution in [-0.2, 0) is 6.54 Å². The van der Waals surface area contributed by atoms with E-state index in [1.807, 2.05) is 0 Å². The molecule has 0 saturated carbocycles. The van der Waals surface area contributed by atoms with Gasteiger partial charge in [0.15, 0.2) is 0 Å². The molecule has 0 atom stereocenters. The molecule has 0 aliphatic heterocycles. The van der Waals surface area contributed by atoms with E-state index in [1.54, 1.807) is 11.7 Å². The maximum absolute atomic E-state index is 5.09. The molecule has 2 heterocycles. The number of hydrogen-bond acceptors (Lipinski definition) is 6. The summed E-state index contributed by atoms with van der Waals surface area (Å²) in [6.07, 6.45) is 1.73. The molecule has 5 nitrogen and oxygen atoms in total. The summed E-state index contributed by atoms with van der Waals surface area (Å²) >= 11 is 1.50. The van der Waals surface area contributed by atoms with Gasteiger partial charge in [0, 0.05) is 12.2 Å². The summed E-state index contributed by atoms with van der Waals surface area (Å²) in [6, 6.07) is 0.406. The molecule has 2 aromatic heterocycles. The Bertz CT molecular complexity index is 409. The maximum Gasteiger partial charge on any atom is 0.240 e. The smallest absolute Gasteiger partial charge is 0.240 e. The van der Waals surface area contributed by atoms with E-state index in [0.717, 1.165) is 4.88 Å². The number of hydrogen-bond donors (Lipinski definition) is 1. The second kappa shape index (κ2) is 4.50. The molecule has 6 heteroatoms. The molecule has 80 valence electrons. The van der Waals surface area contributed by atoms with Gasteiger partial charge in [0.2, 0.25) is 11.7 Å². The zero-order chi connectivity index (χ0) is 10.7. The molecule has 2 aromatic rings. The highest BCUT2D eigenvalue weighted by Crippen LogP contribution is 2.19. The monoisotopic (exact) mass is 224 g/mol. The van der Waals surface area contributed by atoms with Crippen LogP contribution in [-0.4, -0.2) is 21.2 Å². The fourth-order valence-corrected chi connectivity index (χ4v) is 1.59. The van der Waals surface area contributed by atoms with Crippen LogP contribution in [0.25, 0.3) is 10.7 Å². The first-order chi connectivity index (χ1) is 7.25. The predicted octanol–water partition coefficient (Wildman–Crippen LogP) is 1.69. The Morgan fingerprint density at radius 3 is 3.07 bits per heavy atom. The third-order valence-electron chi connectivity index (χ3n) is 1.78. The van der Waals surface area contributed by atoms with Crippen molar-refractivity contribution in [3.8, 4) is 10.7 Å². The number of rotatable bonds is 4. The van der Waals surface area contributed by atoms with Crippen LogP contribution >= 0.6 is 11.3 Å². The van der Waals surface area contributed by atoms with Crippen molar-refractivity contribution in [2.45, 2.75) is 26.4 Å². The standard InChI is InChI=1S/C9H12N4OS/c1-6(2)11-4-8-12-9(13-14-8)7-3-10-5-15-7/h3,5-6,11H,4H2,1-2H3. The minimum Gasteiger partial charge on any atom is -0.338 e. The predicted molar refractivity (Wildman–Crippen MR) is 57.4 cm³/mol. The average molecular weight is 224 g/mol. The number of aromatic nitrogens is 3. The highest BCUT2D eigenvalue weighted by atomic mass is 32.1. The fourth-order valence-electron chi connectivity index (χ4n) is 1.04. The molecule has 0 unspecified atom stereocenters. The molecule has 0 radical (unpaired) electrons. The Labute approximate surface area is 91.5 Å². The van der Waals surface area contributed by atoms with E-state index in [4.69, 9.17) is 4.52 Å². The number of nitrogens with one attached hydrogen (secondary N) is 1.